The zero-order valence-electron chi connectivity index (χ0n) is 14.1. The quantitative estimate of drug-likeness (QED) is 0.846. The van der Waals surface area contributed by atoms with Crippen LogP contribution in [0.2, 0.25) is 0 Å². The first kappa shape index (κ1) is 16.7. The van der Waals surface area contributed by atoms with Gasteiger partial charge in [-0.1, -0.05) is 42.5 Å². The van der Waals surface area contributed by atoms with Crippen LogP contribution < -0.4 is 5.32 Å². The van der Waals surface area contributed by atoms with Gasteiger partial charge in [0.25, 0.3) is 0 Å². The molecule has 1 heterocycles. The average molecular weight is 326 g/mol. The number of benzene rings is 1. The van der Waals surface area contributed by atoms with Crippen LogP contribution in [-0.4, -0.2) is 36.3 Å². The van der Waals surface area contributed by atoms with Crippen LogP contribution >= 0.6 is 0 Å². The number of hydrogen-bond acceptors (Lipinski definition) is 2. The van der Waals surface area contributed by atoms with Crippen molar-refractivity contribution < 1.29 is 9.59 Å². The number of piperidine rings is 1. The summed E-state index contributed by atoms with van der Waals surface area (Å²) in [5, 5.41) is 3.05. The summed E-state index contributed by atoms with van der Waals surface area (Å²) in [5.41, 5.74) is 1.24. The van der Waals surface area contributed by atoms with Gasteiger partial charge >= 0.3 is 0 Å². The molecule has 1 aliphatic carbocycles. The van der Waals surface area contributed by atoms with Crippen LogP contribution in [0.3, 0.4) is 0 Å². The summed E-state index contributed by atoms with van der Waals surface area (Å²) in [4.78, 5) is 26.6. The lowest BCUT2D eigenvalue weighted by atomic mass is 9.94. The molecular weight excluding hydrogens is 300 g/mol. The largest absolute Gasteiger partial charge is 0.356 e. The maximum Gasteiger partial charge on any atom is 0.226 e. The van der Waals surface area contributed by atoms with Crippen molar-refractivity contribution in [3.63, 3.8) is 0 Å². The molecule has 128 valence electrons. The maximum absolute atomic E-state index is 12.4. The Hall–Kier alpha value is -2.10. The van der Waals surface area contributed by atoms with Crippen LogP contribution in [0.15, 0.2) is 42.5 Å². The van der Waals surface area contributed by atoms with E-state index in [1.165, 1.54) is 5.56 Å². The van der Waals surface area contributed by atoms with Gasteiger partial charge in [0.1, 0.15) is 0 Å². The number of nitrogens with zero attached hydrogens (tertiary/aromatic N) is 1. The highest BCUT2D eigenvalue weighted by molar-refractivity contribution is 5.81. The van der Waals surface area contributed by atoms with Crippen molar-refractivity contribution in [2.24, 2.45) is 11.8 Å². The van der Waals surface area contributed by atoms with E-state index in [4.69, 9.17) is 0 Å². The summed E-state index contributed by atoms with van der Waals surface area (Å²) < 4.78 is 0. The number of rotatable bonds is 5. The van der Waals surface area contributed by atoms with Crippen molar-refractivity contribution >= 4 is 11.8 Å². The molecule has 1 N–H and O–H groups in total. The summed E-state index contributed by atoms with van der Waals surface area (Å²) in [7, 11) is 0. The first-order valence-corrected chi connectivity index (χ1v) is 8.99. The van der Waals surface area contributed by atoms with E-state index >= 15 is 0 Å². The van der Waals surface area contributed by atoms with Crippen molar-refractivity contribution in [2.45, 2.75) is 32.1 Å². The van der Waals surface area contributed by atoms with Crippen LogP contribution in [0.4, 0.5) is 0 Å². The normalized spacial score (nSPS) is 18.8. The smallest absolute Gasteiger partial charge is 0.226 e. The van der Waals surface area contributed by atoms with Crippen molar-refractivity contribution in [3.8, 4) is 0 Å². The minimum absolute atomic E-state index is 0.0477. The Kier molecular flexibility index (Phi) is 5.68. The minimum Gasteiger partial charge on any atom is -0.356 e. The Bertz CT molecular complexity index is 581. The minimum atomic E-state index is 0.0477. The van der Waals surface area contributed by atoms with Crippen LogP contribution in [-0.2, 0) is 16.0 Å². The summed E-state index contributed by atoms with van der Waals surface area (Å²) in [6.45, 7) is 2.11. The van der Waals surface area contributed by atoms with Gasteiger partial charge in [-0.2, -0.15) is 0 Å². The van der Waals surface area contributed by atoms with E-state index in [-0.39, 0.29) is 23.7 Å². The summed E-state index contributed by atoms with van der Waals surface area (Å²) in [5.74, 6) is 0.594. The second kappa shape index (κ2) is 8.13. The fourth-order valence-corrected chi connectivity index (χ4v) is 3.56. The number of likely N-dealkylation sites (tertiary alicyclic amines) is 1. The van der Waals surface area contributed by atoms with E-state index in [1.54, 1.807) is 0 Å². The van der Waals surface area contributed by atoms with Crippen molar-refractivity contribution in [2.75, 3.05) is 19.6 Å². The van der Waals surface area contributed by atoms with E-state index in [0.29, 0.717) is 19.6 Å². The number of allylic oxidation sites excluding steroid dienone is 2. The van der Waals surface area contributed by atoms with Crippen molar-refractivity contribution in [1.29, 1.82) is 0 Å². The zero-order valence-corrected chi connectivity index (χ0v) is 14.1. The molecule has 0 bridgehead atoms. The maximum atomic E-state index is 12.4. The molecule has 0 unspecified atom stereocenters. The van der Waals surface area contributed by atoms with Crippen LogP contribution in [0.5, 0.6) is 0 Å². The van der Waals surface area contributed by atoms with Gasteiger partial charge in [0, 0.05) is 31.5 Å². The predicted molar refractivity (Wildman–Crippen MR) is 94.3 cm³/mol. The van der Waals surface area contributed by atoms with Crippen LogP contribution in [0.25, 0.3) is 0 Å². The molecule has 1 aromatic carbocycles. The Morgan fingerprint density at radius 2 is 1.67 bits per heavy atom. The van der Waals surface area contributed by atoms with Gasteiger partial charge in [-0.3, -0.25) is 9.59 Å². The van der Waals surface area contributed by atoms with E-state index < -0.39 is 0 Å². The highest BCUT2D eigenvalue weighted by Crippen LogP contribution is 2.24. The first-order valence-electron chi connectivity index (χ1n) is 8.99. The first-order chi connectivity index (χ1) is 11.7. The molecule has 0 saturated carbocycles. The number of hydrogen-bond donors (Lipinski definition) is 1. The highest BCUT2D eigenvalue weighted by Gasteiger charge is 2.30. The van der Waals surface area contributed by atoms with Crippen LogP contribution in [0, 0.1) is 11.8 Å². The second-order valence-electron chi connectivity index (χ2n) is 6.77. The molecule has 1 saturated heterocycles. The Morgan fingerprint density at radius 3 is 2.33 bits per heavy atom. The van der Waals surface area contributed by atoms with Gasteiger partial charge in [-0.05, 0) is 37.7 Å². The van der Waals surface area contributed by atoms with Gasteiger partial charge in [0.2, 0.25) is 11.8 Å². The monoisotopic (exact) mass is 326 g/mol. The van der Waals surface area contributed by atoms with E-state index in [2.05, 4.69) is 29.6 Å². The number of carbonyl (C=O) groups is 2. The molecule has 1 aromatic rings. The molecule has 0 spiro atoms. The lowest BCUT2D eigenvalue weighted by Crippen LogP contribution is -2.45. The third-order valence-corrected chi connectivity index (χ3v) is 5.09. The molecule has 4 nitrogen and oxygen atoms in total. The van der Waals surface area contributed by atoms with E-state index in [9.17, 15) is 9.59 Å². The summed E-state index contributed by atoms with van der Waals surface area (Å²) >= 11 is 0. The number of nitrogens with one attached hydrogen (secondary N) is 1. The van der Waals surface area contributed by atoms with E-state index in [0.717, 1.165) is 32.1 Å². The van der Waals surface area contributed by atoms with Crippen molar-refractivity contribution in [1.82, 2.24) is 10.2 Å². The zero-order chi connectivity index (χ0) is 16.8. The summed E-state index contributed by atoms with van der Waals surface area (Å²) in [6.07, 6.45) is 8.35. The van der Waals surface area contributed by atoms with Gasteiger partial charge in [0.05, 0.1) is 0 Å². The molecule has 0 aromatic heterocycles. The third kappa shape index (κ3) is 4.25. The van der Waals surface area contributed by atoms with E-state index in [1.807, 2.05) is 23.1 Å². The average Bonchev–Trinajstić information content (AvgIpc) is 3.17. The molecule has 2 amide bonds. The fraction of sp³-hybridized carbons (Fsp3) is 0.500. The molecule has 0 radical (unpaired) electrons. The van der Waals surface area contributed by atoms with Gasteiger partial charge in [-0.25, -0.2) is 0 Å². The highest BCUT2D eigenvalue weighted by atomic mass is 16.2. The molecule has 3 rings (SSSR count). The van der Waals surface area contributed by atoms with Crippen molar-refractivity contribution in [3.05, 3.63) is 48.0 Å². The van der Waals surface area contributed by atoms with Gasteiger partial charge < -0.3 is 10.2 Å². The number of carbonyl (C=O) groups excluding carboxylic acids is 2. The lowest BCUT2D eigenvalue weighted by Gasteiger charge is -2.33. The molecule has 1 aliphatic heterocycles. The predicted octanol–water partition coefficient (Wildman–Crippen LogP) is 2.55. The molecule has 24 heavy (non-hydrogen) atoms. The SMILES string of the molecule is O=C(NCCc1ccccc1)C1CCN(C(=O)C2CC=CC2)CC1. The topological polar surface area (TPSA) is 49.4 Å². The fourth-order valence-electron chi connectivity index (χ4n) is 3.56. The van der Waals surface area contributed by atoms with Gasteiger partial charge in [0.15, 0.2) is 0 Å². The van der Waals surface area contributed by atoms with Crippen LogP contribution in [0.1, 0.15) is 31.2 Å². The lowest BCUT2D eigenvalue weighted by molar-refractivity contribution is -0.138. The Labute approximate surface area is 143 Å². The molecule has 1 fully saturated rings. The molecule has 2 aliphatic rings. The number of amides is 2. The molecular formula is C20H26N2O2. The molecule has 0 atom stereocenters. The second-order valence-corrected chi connectivity index (χ2v) is 6.77. The Morgan fingerprint density at radius 1 is 1.00 bits per heavy atom. The molecule has 4 heteroatoms. The Balaban J connectivity index is 1.38. The third-order valence-electron chi connectivity index (χ3n) is 5.09. The standard InChI is InChI=1S/C20H26N2O2/c23-19(21-13-10-16-6-2-1-3-7-16)17-11-14-22(15-12-17)20(24)18-8-4-5-9-18/h1-7,17-18H,8-15H2,(H,21,23). The summed E-state index contributed by atoms with van der Waals surface area (Å²) in [6, 6.07) is 10.2. The van der Waals surface area contributed by atoms with Gasteiger partial charge in [-0.15, -0.1) is 0 Å².